The summed E-state index contributed by atoms with van der Waals surface area (Å²) >= 11 is 1.48. The van der Waals surface area contributed by atoms with Gasteiger partial charge in [0.2, 0.25) is 0 Å². The van der Waals surface area contributed by atoms with Crippen LogP contribution in [-0.4, -0.2) is 26.0 Å². The SMILES string of the molecule is CCc1nc(-c2cncs2)nc(CC)c1CC(=O)O. The molecule has 0 aliphatic heterocycles. The highest BCUT2D eigenvalue weighted by Gasteiger charge is 2.16. The molecule has 0 aliphatic carbocycles. The van der Waals surface area contributed by atoms with Gasteiger partial charge in [0.1, 0.15) is 0 Å². The number of nitrogens with zero attached hydrogens (tertiary/aromatic N) is 3. The molecule has 100 valence electrons. The van der Waals surface area contributed by atoms with Gasteiger partial charge in [-0.2, -0.15) is 0 Å². The van der Waals surface area contributed by atoms with Crippen LogP contribution in [0.1, 0.15) is 30.8 Å². The van der Waals surface area contributed by atoms with Gasteiger partial charge in [-0.3, -0.25) is 9.78 Å². The number of aryl methyl sites for hydroxylation is 2. The molecular formula is C13H15N3O2S. The highest BCUT2D eigenvalue weighted by molar-refractivity contribution is 7.13. The Morgan fingerprint density at radius 1 is 1.26 bits per heavy atom. The lowest BCUT2D eigenvalue weighted by atomic mass is 10.0. The molecule has 2 aromatic heterocycles. The fourth-order valence-electron chi connectivity index (χ4n) is 1.96. The summed E-state index contributed by atoms with van der Waals surface area (Å²) in [6.07, 6.45) is 3.11. The van der Waals surface area contributed by atoms with Gasteiger partial charge in [-0.1, -0.05) is 13.8 Å². The Morgan fingerprint density at radius 3 is 2.32 bits per heavy atom. The molecule has 0 saturated heterocycles. The standard InChI is InChI=1S/C13H15N3O2S/c1-3-9-8(5-12(17)18)10(4-2)16-13(15-9)11-6-14-7-19-11/h6-7H,3-5H2,1-2H3,(H,17,18). The van der Waals surface area contributed by atoms with Crippen molar-refractivity contribution in [3.8, 4) is 10.7 Å². The van der Waals surface area contributed by atoms with Crippen molar-refractivity contribution in [2.24, 2.45) is 0 Å². The molecule has 0 aromatic carbocycles. The molecule has 1 N–H and O–H groups in total. The molecule has 19 heavy (non-hydrogen) atoms. The zero-order chi connectivity index (χ0) is 13.8. The van der Waals surface area contributed by atoms with Crippen molar-refractivity contribution in [1.82, 2.24) is 15.0 Å². The van der Waals surface area contributed by atoms with Gasteiger partial charge in [-0.25, -0.2) is 9.97 Å². The lowest BCUT2D eigenvalue weighted by molar-refractivity contribution is -0.136. The molecule has 0 aliphatic rings. The maximum atomic E-state index is 11.0. The Kier molecular flexibility index (Phi) is 4.21. The first-order chi connectivity index (χ1) is 9.15. The van der Waals surface area contributed by atoms with E-state index < -0.39 is 5.97 Å². The van der Waals surface area contributed by atoms with E-state index >= 15 is 0 Å². The van der Waals surface area contributed by atoms with Crippen molar-refractivity contribution in [1.29, 1.82) is 0 Å². The largest absolute Gasteiger partial charge is 0.481 e. The average Bonchev–Trinajstić information content (AvgIpc) is 2.92. The zero-order valence-corrected chi connectivity index (χ0v) is 11.7. The summed E-state index contributed by atoms with van der Waals surface area (Å²) < 4.78 is 0. The van der Waals surface area contributed by atoms with Crippen molar-refractivity contribution in [3.05, 3.63) is 28.7 Å². The van der Waals surface area contributed by atoms with Gasteiger partial charge < -0.3 is 5.11 Å². The number of aromatic nitrogens is 3. The van der Waals surface area contributed by atoms with E-state index in [4.69, 9.17) is 5.11 Å². The van der Waals surface area contributed by atoms with Crippen molar-refractivity contribution in [2.75, 3.05) is 0 Å². The molecule has 0 atom stereocenters. The Balaban J connectivity index is 2.54. The van der Waals surface area contributed by atoms with Crippen LogP contribution in [0.15, 0.2) is 11.7 Å². The summed E-state index contributed by atoms with van der Waals surface area (Å²) in [5, 5.41) is 9.00. The molecule has 6 heteroatoms. The number of hydrogen-bond donors (Lipinski definition) is 1. The van der Waals surface area contributed by atoms with E-state index in [1.54, 1.807) is 11.7 Å². The molecule has 0 spiro atoms. The Labute approximate surface area is 115 Å². The van der Waals surface area contributed by atoms with Gasteiger partial charge in [0.15, 0.2) is 5.82 Å². The second-order valence-corrected chi connectivity index (χ2v) is 4.95. The molecule has 0 radical (unpaired) electrons. The summed E-state index contributed by atoms with van der Waals surface area (Å²) in [5.41, 5.74) is 4.13. The van der Waals surface area contributed by atoms with Crippen molar-refractivity contribution in [2.45, 2.75) is 33.1 Å². The predicted octanol–water partition coefficient (Wildman–Crippen LogP) is 2.35. The van der Waals surface area contributed by atoms with Crippen LogP contribution in [0.3, 0.4) is 0 Å². The Morgan fingerprint density at radius 2 is 1.89 bits per heavy atom. The highest BCUT2D eigenvalue weighted by atomic mass is 32.1. The molecule has 0 saturated carbocycles. The summed E-state index contributed by atoms with van der Waals surface area (Å²) in [7, 11) is 0. The highest BCUT2D eigenvalue weighted by Crippen LogP contribution is 2.23. The molecular weight excluding hydrogens is 262 g/mol. The Hall–Kier alpha value is -1.82. The van der Waals surface area contributed by atoms with Gasteiger partial charge in [0, 0.05) is 23.1 Å². The number of hydrogen-bond acceptors (Lipinski definition) is 5. The van der Waals surface area contributed by atoms with E-state index in [0.29, 0.717) is 18.7 Å². The number of aliphatic carboxylic acids is 1. The number of carbonyl (C=O) groups is 1. The second kappa shape index (κ2) is 5.88. The fraction of sp³-hybridized carbons (Fsp3) is 0.385. The van der Waals surface area contributed by atoms with Crippen LogP contribution >= 0.6 is 11.3 Å². The normalized spacial score (nSPS) is 10.6. The molecule has 0 amide bonds. The number of rotatable bonds is 5. The van der Waals surface area contributed by atoms with E-state index in [2.05, 4.69) is 15.0 Å². The summed E-state index contributed by atoms with van der Waals surface area (Å²) in [4.78, 5) is 24.9. The zero-order valence-electron chi connectivity index (χ0n) is 10.9. The van der Waals surface area contributed by atoms with Crippen molar-refractivity contribution >= 4 is 17.3 Å². The third-order valence-electron chi connectivity index (χ3n) is 2.83. The maximum absolute atomic E-state index is 11.0. The molecule has 2 aromatic rings. The second-order valence-electron chi connectivity index (χ2n) is 4.06. The van der Waals surface area contributed by atoms with Gasteiger partial charge in [0.25, 0.3) is 0 Å². The van der Waals surface area contributed by atoms with Crippen LogP contribution in [0.2, 0.25) is 0 Å². The maximum Gasteiger partial charge on any atom is 0.307 e. The first-order valence-electron chi connectivity index (χ1n) is 6.15. The third kappa shape index (κ3) is 2.96. The first-order valence-corrected chi connectivity index (χ1v) is 7.03. The van der Waals surface area contributed by atoms with E-state index in [1.165, 1.54) is 11.3 Å². The number of thiazole rings is 1. The van der Waals surface area contributed by atoms with Gasteiger partial charge in [-0.05, 0) is 12.8 Å². The molecule has 5 nitrogen and oxygen atoms in total. The van der Waals surface area contributed by atoms with Gasteiger partial charge in [0.05, 0.1) is 16.8 Å². The van der Waals surface area contributed by atoms with E-state index in [9.17, 15) is 4.79 Å². The molecule has 2 rings (SSSR count). The van der Waals surface area contributed by atoms with Crippen LogP contribution in [-0.2, 0) is 24.1 Å². The summed E-state index contributed by atoms with van der Waals surface area (Å²) in [5.74, 6) is -0.205. The quantitative estimate of drug-likeness (QED) is 0.907. The number of carboxylic acid groups (broad SMARTS) is 1. The van der Waals surface area contributed by atoms with Crippen molar-refractivity contribution < 1.29 is 9.90 Å². The lowest BCUT2D eigenvalue weighted by Gasteiger charge is -2.11. The smallest absolute Gasteiger partial charge is 0.307 e. The minimum absolute atomic E-state index is 0.0185. The minimum Gasteiger partial charge on any atom is -0.481 e. The minimum atomic E-state index is -0.849. The Bertz CT molecular complexity index is 557. The first kappa shape index (κ1) is 13.6. The van der Waals surface area contributed by atoms with E-state index in [0.717, 1.165) is 21.8 Å². The fourth-order valence-corrected chi connectivity index (χ4v) is 2.51. The average molecular weight is 277 g/mol. The molecule has 2 heterocycles. The van der Waals surface area contributed by atoms with Crippen LogP contribution < -0.4 is 0 Å². The van der Waals surface area contributed by atoms with Gasteiger partial charge >= 0.3 is 5.97 Å². The molecule has 0 fully saturated rings. The summed E-state index contributed by atoms with van der Waals surface area (Å²) in [6.45, 7) is 3.95. The van der Waals surface area contributed by atoms with Crippen molar-refractivity contribution in [3.63, 3.8) is 0 Å². The lowest BCUT2D eigenvalue weighted by Crippen LogP contribution is -2.11. The monoisotopic (exact) mass is 277 g/mol. The number of carboxylic acids is 1. The van der Waals surface area contributed by atoms with Crippen LogP contribution in [0.4, 0.5) is 0 Å². The van der Waals surface area contributed by atoms with Crippen LogP contribution in [0.5, 0.6) is 0 Å². The molecule has 0 bridgehead atoms. The van der Waals surface area contributed by atoms with Gasteiger partial charge in [-0.15, -0.1) is 11.3 Å². The summed E-state index contributed by atoms with van der Waals surface area (Å²) in [6, 6.07) is 0. The topological polar surface area (TPSA) is 76.0 Å². The van der Waals surface area contributed by atoms with E-state index in [-0.39, 0.29) is 6.42 Å². The molecule has 0 unspecified atom stereocenters. The van der Waals surface area contributed by atoms with Crippen LogP contribution in [0, 0.1) is 0 Å². The third-order valence-corrected chi connectivity index (χ3v) is 3.60. The predicted molar refractivity (Wildman–Crippen MR) is 73.2 cm³/mol. The van der Waals surface area contributed by atoms with Crippen LogP contribution in [0.25, 0.3) is 10.7 Å². The van der Waals surface area contributed by atoms with E-state index in [1.807, 2.05) is 13.8 Å².